The molecule has 0 aliphatic heterocycles. The van der Waals surface area contributed by atoms with Crippen molar-refractivity contribution in [3.63, 3.8) is 0 Å². The summed E-state index contributed by atoms with van der Waals surface area (Å²) >= 11 is 0. The molecule has 0 saturated heterocycles. The summed E-state index contributed by atoms with van der Waals surface area (Å²) in [4.78, 5) is 10.7. The first kappa shape index (κ1) is 59.3. The first-order chi connectivity index (χ1) is 30.7. The Hall–Kier alpha value is -1.73. The van der Waals surface area contributed by atoms with E-state index in [1.165, 1.54) is 273 Å². The van der Waals surface area contributed by atoms with Crippen molar-refractivity contribution < 1.29 is 16.5 Å². The van der Waals surface area contributed by atoms with Crippen LogP contribution >= 0.6 is 0 Å². The molecule has 0 atom stereocenters. The van der Waals surface area contributed by atoms with E-state index in [2.05, 4.69) is 76.2 Å². The van der Waals surface area contributed by atoms with E-state index >= 15 is 0 Å². The van der Waals surface area contributed by atoms with Gasteiger partial charge in [0.15, 0.2) is 0 Å². The van der Waals surface area contributed by atoms with Gasteiger partial charge in [0.25, 0.3) is 0 Å². The van der Waals surface area contributed by atoms with Crippen molar-refractivity contribution in [2.24, 2.45) is 9.98 Å². The van der Waals surface area contributed by atoms with E-state index in [1.807, 2.05) is 0 Å². The van der Waals surface area contributed by atoms with Crippen molar-refractivity contribution in [3.05, 3.63) is 59.7 Å². The smallest absolute Gasteiger partial charge is 0.0633 e. The fourth-order valence-corrected chi connectivity index (χ4v) is 9.13. The quantitative estimate of drug-likeness (QED) is 0.0359. The second-order valence-electron chi connectivity index (χ2n) is 19.5. The van der Waals surface area contributed by atoms with Gasteiger partial charge in [-0.3, -0.25) is 9.98 Å². The van der Waals surface area contributed by atoms with Crippen molar-refractivity contribution in [1.29, 1.82) is 0 Å². The molecule has 0 bridgehead atoms. The van der Waals surface area contributed by atoms with Gasteiger partial charge in [-0.15, -0.1) is 0 Å². The van der Waals surface area contributed by atoms with Crippen LogP contribution in [0.4, 0.5) is 11.4 Å². The Kier molecular flexibility index (Phi) is 42.8. The molecule has 2 aromatic carbocycles. The topological polar surface area (TPSA) is 24.7 Å². The summed E-state index contributed by atoms with van der Waals surface area (Å²) in [7, 11) is 0. The van der Waals surface area contributed by atoms with Gasteiger partial charge < -0.3 is 0 Å². The van der Waals surface area contributed by atoms with E-state index in [-0.39, 0.29) is 16.5 Å². The molecule has 364 valence electrons. The van der Waals surface area contributed by atoms with Crippen LogP contribution in [-0.2, 0) is 29.3 Å². The molecular weight excluding hydrogens is 807 g/mol. The molecule has 2 aromatic rings. The summed E-state index contributed by atoms with van der Waals surface area (Å²) in [6.07, 6.45) is 57.1. The van der Waals surface area contributed by atoms with Crippen molar-refractivity contribution in [2.45, 2.75) is 297 Å². The third kappa shape index (κ3) is 35.2. The molecule has 0 fully saturated rings. The van der Waals surface area contributed by atoms with Gasteiger partial charge in [-0.25, -0.2) is 0 Å². The average molecular weight is 912 g/mol. The fourth-order valence-electron chi connectivity index (χ4n) is 9.13. The summed E-state index contributed by atoms with van der Waals surface area (Å²) < 4.78 is 0. The largest absolute Gasteiger partial charge is 0.252 e. The molecule has 2 rings (SSSR count). The molecule has 0 saturated carbocycles. The number of aryl methyl sites for hydroxylation is 2. The van der Waals surface area contributed by atoms with E-state index < -0.39 is 0 Å². The van der Waals surface area contributed by atoms with E-state index in [9.17, 15) is 0 Å². The number of unbranched alkanes of at least 4 members (excludes halogenated alkanes) is 34. The molecular formula is C60H104N2Ni. The van der Waals surface area contributed by atoms with Crippen molar-refractivity contribution >= 4 is 22.8 Å². The van der Waals surface area contributed by atoms with E-state index in [4.69, 9.17) is 9.98 Å². The predicted molar refractivity (Wildman–Crippen MR) is 282 cm³/mol. The van der Waals surface area contributed by atoms with Gasteiger partial charge in [-0.05, 0) is 86.8 Å². The molecule has 0 aliphatic carbocycles. The number of aliphatic imine (C=N–C) groups is 2. The zero-order valence-corrected chi connectivity index (χ0v) is 43.5. The van der Waals surface area contributed by atoms with E-state index in [0.29, 0.717) is 0 Å². The van der Waals surface area contributed by atoms with Crippen LogP contribution in [0.1, 0.15) is 296 Å². The normalized spacial score (nSPS) is 12.0. The molecule has 0 aromatic heterocycles. The van der Waals surface area contributed by atoms with Crippen LogP contribution in [0.5, 0.6) is 0 Å². The number of hydrogen-bond acceptors (Lipinski definition) is 2. The molecule has 63 heavy (non-hydrogen) atoms. The molecule has 0 unspecified atom stereocenters. The molecule has 0 spiro atoms. The number of nitrogens with zero attached hydrogens (tertiary/aromatic N) is 2. The Morgan fingerprint density at radius 2 is 0.492 bits per heavy atom. The molecule has 0 heterocycles. The van der Waals surface area contributed by atoms with Gasteiger partial charge in [0, 0.05) is 16.5 Å². The Bertz CT molecular complexity index is 1290. The Morgan fingerprint density at radius 3 is 0.762 bits per heavy atom. The predicted octanol–water partition coefficient (Wildman–Crippen LogP) is 21.3. The minimum Gasteiger partial charge on any atom is -0.252 e. The van der Waals surface area contributed by atoms with Crippen LogP contribution in [0.2, 0.25) is 0 Å². The first-order valence-electron chi connectivity index (χ1n) is 28.0. The van der Waals surface area contributed by atoms with Crippen LogP contribution < -0.4 is 0 Å². The van der Waals surface area contributed by atoms with Crippen molar-refractivity contribution in [2.75, 3.05) is 0 Å². The molecule has 3 heteroatoms. The number of benzene rings is 2. The van der Waals surface area contributed by atoms with Gasteiger partial charge in [0.05, 0.1) is 22.8 Å². The van der Waals surface area contributed by atoms with E-state index in [1.54, 1.807) is 0 Å². The van der Waals surface area contributed by atoms with Crippen molar-refractivity contribution in [1.82, 2.24) is 0 Å². The molecule has 0 radical (unpaired) electrons. The zero-order chi connectivity index (χ0) is 44.2. The van der Waals surface area contributed by atoms with Crippen LogP contribution in [-0.4, -0.2) is 11.4 Å². The Balaban J connectivity index is 0.0000198. The standard InChI is InChI=1S/C60H104N2.Ni/c1-5-9-13-16-19-21-23-25-27-29-31-33-35-37-40-43-55-47-51-57(52-48-55)61-59(45-12-8-4)60(46-42-39-18-15-11-7-3)62-58-53-49-56(50-54-58)44-41-38-36-34-32-30-28-26-24-22-20-17-14-10-6-2;/h47-54H,5-46H2,1-4H3;/b61-59+,62-60+;. The molecule has 2 nitrogen and oxygen atoms in total. The SMILES string of the molecule is CCCCCCCCCCCCCCCCCc1ccc(/N=C(CCCC)/C(CCCCCCCC)=N/c2ccc(CCCCCCCCCCCCCCCCC)cc2)cc1.[Ni]. The van der Waals surface area contributed by atoms with Gasteiger partial charge in [-0.2, -0.15) is 0 Å². The average Bonchev–Trinajstić information content (AvgIpc) is 3.29. The van der Waals surface area contributed by atoms with Gasteiger partial charge in [0.2, 0.25) is 0 Å². The monoisotopic (exact) mass is 911 g/mol. The summed E-state index contributed by atoms with van der Waals surface area (Å²) in [5, 5.41) is 0. The van der Waals surface area contributed by atoms with Crippen LogP contribution in [0.3, 0.4) is 0 Å². The van der Waals surface area contributed by atoms with Gasteiger partial charge in [0.1, 0.15) is 0 Å². The number of hydrogen-bond donors (Lipinski definition) is 0. The van der Waals surface area contributed by atoms with Crippen LogP contribution in [0, 0.1) is 0 Å². The van der Waals surface area contributed by atoms with Crippen LogP contribution in [0.25, 0.3) is 0 Å². The van der Waals surface area contributed by atoms with E-state index in [0.717, 1.165) is 30.6 Å². The number of rotatable bonds is 45. The molecule has 0 N–H and O–H groups in total. The Labute approximate surface area is 404 Å². The summed E-state index contributed by atoms with van der Waals surface area (Å²) in [5.41, 5.74) is 7.52. The fraction of sp³-hybridized carbons (Fsp3) is 0.767. The molecule has 0 amide bonds. The minimum atomic E-state index is 0. The maximum absolute atomic E-state index is 5.37. The van der Waals surface area contributed by atoms with Crippen molar-refractivity contribution in [3.8, 4) is 0 Å². The first-order valence-corrected chi connectivity index (χ1v) is 28.0. The van der Waals surface area contributed by atoms with Gasteiger partial charge >= 0.3 is 0 Å². The van der Waals surface area contributed by atoms with Gasteiger partial charge in [-0.1, -0.05) is 270 Å². The summed E-state index contributed by atoms with van der Waals surface area (Å²) in [6.45, 7) is 9.22. The minimum absolute atomic E-state index is 0. The summed E-state index contributed by atoms with van der Waals surface area (Å²) in [6, 6.07) is 18.4. The summed E-state index contributed by atoms with van der Waals surface area (Å²) in [5.74, 6) is 0. The Morgan fingerprint density at radius 1 is 0.270 bits per heavy atom. The maximum atomic E-state index is 5.37. The third-order valence-corrected chi connectivity index (χ3v) is 13.4. The van der Waals surface area contributed by atoms with Crippen LogP contribution in [0.15, 0.2) is 58.5 Å². The zero-order valence-electron chi connectivity index (χ0n) is 42.5. The second-order valence-corrected chi connectivity index (χ2v) is 19.5. The second kappa shape index (κ2) is 45.4. The molecule has 0 aliphatic rings. The third-order valence-electron chi connectivity index (χ3n) is 13.4. The maximum Gasteiger partial charge on any atom is 0.0633 e.